The van der Waals surface area contributed by atoms with Gasteiger partial charge >= 0.3 is 5.97 Å². The fourth-order valence-corrected chi connectivity index (χ4v) is 4.35. The van der Waals surface area contributed by atoms with Crippen LogP contribution in [-0.2, 0) is 31.0 Å². The third kappa shape index (κ3) is 10.4. The van der Waals surface area contributed by atoms with Gasteiger partial charge in [0.05, 0.1) is 16.5 Å². The third-order valence-electron chi connectivity index (χ3n) is 5.18. The summed E-state index contributed by atoms with van der Waals surface area (Å²) in [6.45, 7) is 7.97. The molecule has 9 heteroatoms. The molecule has 0 aromatic heterocycles. The number of hydrogen-bond donors (Lipinski definition) is 1. The summed E-state index contributed by atoms with van der Waals surface area (Å²) in [6, 6.07) is 25.1. The summed E-state index contributed by atoms with van der Waals surface area (Å²) < 4.78 is 11.2. The molecule has 4 aromatic rings. The molecule has 4 aromatic carbocycles. The molecule has 0 aliphatic heterocycles. The molecule has 0 heterocycles. The van der Waals surface area contributed by atoms with E-state index in [0.717, 1.165) is 22.3 Å². The molecule has 0 aliphatic rings. The van der Waals surface area contributed by atoms with Crippen LogP contribution in [0, 0.1) is 6.57 Å². The molecular weight excluding hydrogens is 580 g/mol. The Hall–Kier alpha value is -3.40. The Morgan fingerprint density at radius 3 is 1.62 bits per heavy atom. The highest BCUT2D eigenvalue weighted by Crippen LogP contribution is 2.29. The Kier molecular flexibility index (Phi) is 11.8. The summed E-state index contributed by atoms with van der Waals surface area (Å²) in [4.78, 5) is 14.0. The van der Waals surface area contributed by atoms with Crippen molar-refractivity contribution in [3.05, 3.63) is 139 Å². The zero-order valence-electron chi connectivity index (χ0n) is 20.5. The molecule has 0 fully saturated rings. The van der Waals surface area contributed by atoms with Crippen LogP contribution >= 0.6 is 46.4 Å². The van der Waals surface area contributed by atoms with Crippen molar-refractivity contribution in [2.45, 2.75) is 26.2 Å². The smallest absolute Gasteiger partial charge is 0.307 e. The fraction of sp³-hybridized carbons (Fsp3) is 0.133. The van der Waals surface area contributed by atoms with E-state index in [1.165, 1.54) is 0 Å². The largest absolute Gasteiger partial charge is 0.487 e. The number of aliphatic carboxylic acids is 1. The van der Waals surface area contributed by atoms with Gasteiger partial charge in [0.15, 0.2) is 0 Å². The monoisotopic (exact) mass is 601 g/mol. The number of benzene rings is 4. The average molecular weight is 603 g/mol. The predicted molar refractivity (Wildman–Crippen MR) is 156 cm³/mol. The normalized spacial score (nSPS) is 10.1. The molecule has 200 valence electrons. The topological polar surface area (TPSA) is 60.1 Å². The van der Waals surface area contributed by atoms with Crippen LogP contribution in [0.3, 0.4) is 0 Å². The van der Waals surface area contributed by atoms with E-state index in [4.69, 9.17) is 67.6 Å². The Bertz CT molecular complexity index is 1470. The quantitative estimate of drug-likeness (QED) is 0.194. The molecule has 0 radical (unpaired) electrons. The lowest BCUT2D eigenvalue weighted by molar-refractivity contribution is -0.136. The lowest BCUT2D eigenvalue weighted by atomic mass is 10.1. The Labute approximate surface area is 247 Å². The van der Waals surface area contributed by atoms with Crippen molar-refractivity contribution in [3.63, 3.8) is 0 Å². The van der Waals surface area contributed by atoms with Crippen molar-refractivity contribution in [1.29, 1.82) is 0 Å². The number of ether oxygens (including phenoxy) is 2. The van der Waals surface area contributed by atoms with Crippen LogP contribution in [0.25, 0.3) is 4.85 Å². The highest BCUT2D eigenvalue weighted by molar-refractivity contribution is 6.36. The number of nitrogens with zero attached hydrogens (tertiary/aromatic N) is 1. The number of carbonyl (C=O) groups is 1. The van der Waals surface area contributed by atoms with Crippen molar-refractivity contribution in [2.75, 3.05) is 0 Å². The van der Waals surface area contributed by atoms with E-state index >= 15 is 0 Å². The summed E-state index contributed by atoms with van der Waals surface area (Å²) in [6.07, 6.45) is -0.00442. The Morgan fingerprint density at radius 2 is 1.15 bits per heavy atom. The van der Waals surface area contributed by atoms with Crippen LogP contribution in [0.15, 0.2) is 84.9 Å². The van der Waals surface area contributed by atoms with Gasteiger partial charge in [-0.05, 0) is 59.2 Å². The second kappa shape index (κ2) is 15.3. The van der Waals surface area contributed by atoms with Crippen LogP contribution in [0.5, 0.6) is 11.5 Å². The van der Waals surface area contributed by atoms with Crippen molar-refractivity contribution in [1.82, 2.24) is 0 Å². The standard InChI is InChI=1S/C15H11Cl2NO.C15H12Cl2O3/c1-18-9-11-3-2-4-12(7-11)10-19-15-6-5-13(16)8-14(15)17;16-12-4-5-14(13(17)8-12)20-9-11-3-1-2-10(6-11)7-15(18)19/h2-8H,9-10H2;1-6,8H,7,9H2,(H,18,19). The fourth-order valence-electron chi connectivity index (χ4n) is 3.42. The van der Waals surface area contributed by atoms with E-state index in [0.29, 0.717) is 51.3 Å². The molecule has 0 spiro atoms. The van der Waals surface area contributed by atoms with Gasteiger partial charge in [0.1, 0.15) is 24.7 Å². The molecule has 0 saturated carbocycles. The predicted octanol–water partition coefficient (Wildman–Crippen LogP) is 9.19. The van der Waals surface area contributed by atoms with Gasteiger partial charge in [0, 0.05) is 15.6 Å². The molecule has 0 amide bonds. The minimum Gasteiger partial charge on any atom is -0.487 e. The zero-order chi connectivity index (χ0) is 28.2. The lowest BCUT2D eigenvalue weighted by Crippen LogP contribution is -2.02. The molecule has 4 rings (SSSR count). The number of halogens is 4. The van der Waals surface area contributed by atoms with Gasteiger partial charge in [0.2, 0.25) is 6.54 Å². The summed E-state index contributed by atoms with van der Waals surface area (Å²) in [5, 5.41) is 10.8. The number of carboxylic acids is 1. The van der Waals surface area contributed by atoms with Gasteiger partial charge in [0.25, 0.3) is 0 Å². The van der Waals surface area contributed by atoms with E-state index in [-0.39, 0.29) is 6.42 Å². The van der Waals surface area contributed by atoms with Crippen LogP contribution < -0.4 is 9.47 Å². The maximum absolute atomic E-state index is 10.7. The van der Waals surface area contributed by atoms with Gasteiger partial charge in [-0.2, -0.15) is 0 Å². The lowest BCUT2D eigenvalue weighted by Gasteiger charge is -2.09. The van der Waals surface area contributed by atoms with E-state index in [1.54, 1.807) is 54.6 Å². The van der Waals surface area contributed by atoms with Crippen LogP contribution in [0.2, 0.25) is 20.1 Å². The van der Waals surface area contributed by atoms with Gasteiger partial charge in [-0.3, -0.25) is 4.79 Å². The molecule has 0 bridgehead atoms. The summed E-state index contributed by atoms with van der Waals surface area (Å²) in [5.74, 6) is 0.283. The maximum Gasteiger partial charge on any atom is 0.307 e. The third-order valence-corrected chi connectivity index (χ3v) is 6.24. The van der Waals surface area contributed by atoms with E-state index in [9.17, 15) is 4.79 Å². The average Bonchev–Trinajstić information content (AvgIpc) is 2.88. The first-order valence-electron chi connectivity index (χ1n) is 11.6. The van der Waals surface area contributed by atoms with E-state index < -0.39 is 5.97 Å². The van der Waals surface area contributed by atoms with Crippen molar-refractivity contribution < 1.29 is 19.4 Å². The highest BCUT2D eigenvalue weighted by Gasteiger charge is 2.06. The first-order chi connectivity index (χ1) is 18.7. The molecule has 0 unspecified atom stereocenters. The van der Waals surface area contributed by atoms with Crippen molar-refractivity contribution in [3.8, 4) is 11.5 Å². The second-order valence-electron chi connectivity index (χ2n) is 8.25. The van der Waals surface area contributed by atoms with E-state index in [2.05, 4.69) is 4.85 Å². The molecular formula is C30H23Cl4NO4. The summed E-state index contributed by atoms with van der Waals surface area (Å²) in [7, 11) is 0. The van der Waals surface area contributed by atoms with Crippen molar-refractivity contribution >= 4 is 52.4 Å². The maximum atomic E-state index is 10.7. The van der Waals surface area contributed by atoms with Crippen LogP contribution in [0.4, 0.5) is 0 Å². The Morgan fingerprint density at radius 1 is 0.692 bits per heavy atom. The van der Waals surface area contributed by atoms with Gasteiger partial charge < -0.3 is 19.4 Å². The molecule has 5 nitrogen and oxygen atoms in total. The molecule has 0 atom stereocenters. The van der Waals surface area contributed by atoms with Crippen LogP contribution in [0.1, 0.15) is 22.3 Å². The second-order valence-corrected chi connectivity index (χ2v) is 9.94. The Balaban J connectivity index is 0.000000216. The number of rotatable bonds is 9. The molecule has 39 heavy (non-hydrogen) atoms. The molecule has 0 aliphatic carbocycles. The van der Waals surface area contributed by atoms with Gasteiger partial charge in [-0.1, -0.05) is 88.9 Å². The molecule has 1 N–H and O–H groups in total. The minimum atomic E-state index is -0.858. The first kappa shape index (κ1) is 30.1. The number of hydrogen-bond acceptors (Lipinski definition) is 3. The number of carboxylic acid groups (broad SMARTS) is 1. The zero-order valence-corrected chi connectivity index (χ0v) is 23.6. The minimum absolute atomic E-state index is 0.00442. The van der Waals surface area contributed by atoms with Crippen LogP contribution in [-0.4, -0.2) is 11.1 Å². The van der Waals surface area contributed by atoms with Crippen molar-refractivity contribution in [2.24, 2.45) is 0 Å². The summed E-state index contributed by atoms with van der Waals surface area (Å²) >= 11 is 23.7. The van der Waals surface area contributed by atoms with Gasteiger partial charge in [-0.15, -0.1) is 0 Å². The SMILES string of the molecule is O=C(O)Cc1cccc(COc2ccc(Cl)cc2Cl)c1.[C-]#[N+]Cc1cccc(COc2ccc(Cl)cc2Cl)c1. The molecule has 0 saturated heterocycles. The first-order valence-corrected chi connectivity index (χ1v) is 13.1. The van der Waals surface area contributed by atoms with E-state index in [1.807, 2.05) is 30.3 Å². The summed E-state index contributed by atoms with van der Waals surface area (Å²) in [5.41, 5.74) is 3.61. The highest BCUT2D eigenvalue weighted by atomic mass is 35.5. The van der Waals surface area contributed by atoms with Gasteiger partial charge in [-0.25, -0.2) is 6.57 Å².